The third-order valence-corrected chi connectivity index (χ3v) is 5.31. The molecular formula is C22H28N4O3. The first-order chi connectivity index (χ1) is 13.9. The highest BCUT2D eigenvalue weighted by atomic mass is 16.5. The van der Waals surface area contributed by atoms with Crippen molar-refractivity contribution in [2.45, 2.75) is 20.4 Å². The number of anilines is 1. The Kier molecular flexibility index (Phi) is 6.36. The number of amides is 2. The summed E-state index contributed by atoms with van der Waals surface area (Å²) in [6, 6.07) is 11.6. The highest BCUT2D eigenvalue weighted by Crippen LogP contribution is 2.24. The summed E-state index contributed by atoms with van der Waals surface area (Å²) in [5.41, 5.74) is 0.937. The monoisotopic (exact) mass is 396 g/mol. The lowest BCUT2D eigenvalue weighted by Gasteiger charge is -2.39. The van der Waals surface area contributed by atoms with Crippen LogP contribution in [-0.2, 0) is 16.1 Å². The Morgan fingerprint density at radius 2 is 1.66 bits per heavy atom. The summed E-state index contributed by atoms with van der Waals surface area (Å²) in [5.74, 6) is 0.415. The van der Waals surface area contributed by atoms with E-state index in [0.29, 0.717) is 19.6 Å². The maximum absolute atomic E-state index is 13.0. The molecule has 1 aliphatic rings. The van der Waals surface area contributed by atoms with Gasteiger partial charge in [-0.15, -0.1) is 0 Å². The van der Waals surface area contributed by atoms with Crippen LogP contribution in [0.15, 0.2) is 48.8 Å². The molecule has 0 spiro atoms. The summed E-state index contributed by atoms with van der Waals surface area (Å²) in [5, 5.41) is 2.87. The lowest BCUT2D eigenvalue weighted by Crippen LogP contribution is -2.55. The zero-order valence-corrected chi connectivity index (χ0v) is 17.2. The molecule has 1 aromatic carbocycles. The summed E-state index contributed by atoms with van der Waals surface area (Å²) in [7, 11) is 1.65. The standard InChI is InChI=1S/C22H28N4O3/c1-22(2,20(27)24-16-17-8-10-23-11-9-17)21(28)26-14-12-25(13-15-26)18-4-6-19(29-3)7-5-18/h4-11H,12-16H2,1-3H3,(H,24,27). The van der Waals surface area contributed by atoms with E-state index in [0.717, 1.165) is 30.1 Å². The first kappa shape index (κ1) is 20.6. The van der Waals surface area contributed by atoms with Gasteiger partial charge in [0.1, 0.15) is 11.2 Å². The van der Waals surface area contributed by atoms with Crippen LogP contribution < -0.4 is 15.0 Å². The smallest absolute Gasteiger partial charge is 0.237 e. The van der Waals surface area contributed by atoms with Crippen LogP contribution in [0, 0.1) is 5.41 Å². The van der Waals surface area contributed by atoms with Crippen LogP contribution >= 0.6 is 0 Å². The molecule has 0 atom stereocenters. The molecule has 1 aliphatic heterocycles. The fourth-order valence-electron chi connectivity index (χ4n) is 3.36. The molecule has 0 radical (unpaired) electrons. The highest BCUT2D eigenvalue weighted by Gasteiger charge is 2.39. The van der Waals surface area contributed by atoms with Crippen molar-refractivity contribution in [3.8, 4) is 5.75 Å². The Bertz CT molecular complexity index is 829. The van der Waals surface area contributed by atoms with E-state index in [9.17, 15) is 9.59 Å². The quantitative estimate of drug-likeness (QED) is 0.757. The molecule has 0 saturated carbocycles. The minimum atomic E-state index is -1.12. The lowest BCUT2D eigenvalue weighted by molar-refractivity contribution is -0.148. The van der Waals surface area contributed by atoms with Gasteiger partial charge in [-0.1, -0.05) is 0 Å². The Morgan fingerprint density at radius 3 is 2.24 bits per heavy atom. The molecule has 1 aromatic heterocycles. The third-order valence-electron chi connectivity index (χ3n) is 5.31. The van der Waals surface area contributed by atoms with Crippen molar-refractivity contribution in [1.82, 2.24) is 15.2 Å². The fourth-order valence-corrected chi connectivity index (χ4v) is 3.36. The number of aromatic nitrogens is 1. The number of methoxy groups -OCH3 is 1. The average Bonchev–Trinajstić information content (AvgIpc) is 2.77. The number of ether oxygens (including phenoxy) is 1. The maximum atomic E-state index is 13.0. The van der Waals surface area contributed by atoms with Crippen molar-refractivity contribution < 1.29 is 14.3 Å². The van der Waals surface area contributed by atoms with Crippen LogP contribution in [0.3, 0.4) is 0 Å². The normalized spacial score (nSPS) is 14.4. The molecule has 29 heavy (non-hydrogen) atoms. The molecule has 1 fully saturated rings. The molecular weight excluding hydrogens is 368 g/mol. The number of piperazine rings is 1. The minimum Gasteiger partial charge on any atom is -0.497 e. The molecule has 3 rings (SSSR count). The van der Waals surface area contributed by atoms with E-state index in [1.165, 1.54) is 0 Å². The topological polar surface area (TPSA) is 74.8 Å². The van der Waals surface area contributed by atoms with Gasteiger partial charge in [0.2, 0.25) is 11.8 Å². The third kappa shape index (κ3) is 4.85. The van der Waals surface area contributed by atoms with Crippen molar-refractivity contribution >= 4 is 17.5 Å². The Morgan fingerprint density at radius 1 is 1.03 bits per heavy atom. The number of hydrogen-bond acceptors (Lipinski definition) is 5. The highest BCUT2D eigenvalue weighted by molar-refractivity contribution is 6.04. The summed E-state index contributed by atoms with van der Waals surface area (Å²) in [4.78, 5) is 33.7. The predicted molar refractivity (Wildman–Crippen MR) is 112 cm³/mol. The number of hydrogen-bond donors (Lipinski definition) is 1. The van der Waals surface area contributed by atoms with E-state index in [2.05, 4.69) is 15.2 Å². The molecule has 1 N–H and O–H groups in total. The van der Waals surface area contributed by atoms with Crippen molar-refractivity contribution in [3.63, 3.8) is 0 Å². The van der Waals surface area contributed by atoms with Gasteiger partial charge in [-0.2, -0.15) is 0 Å². The maximum Gasteiger partial charge on any atom is 0.237 e. The number of nitrogens with zero attached hydrogens (tertiary/aromatic N) is 3. The molecule has 0 bridgehead atoms. The first-order valence-electron chi connectivity index (χ1n) is 9.77. The number of carbonyl (C=O) groups is 2. The van der Waals surface area contributed by atoms with Gasteiger partial charge in [0.25, 0.3) is 0 Å². The van der Waals surface area contributed by atoms with Gasteiger partial charge in [0.05, 0.1) is 7.11 Å². The number of benzene rings is 1. The van der Waals surface area contributed by atoms with Gasteiger partial charge in [-0.25, -0.2) is 0 Å². The van der Waals surface area contributed by atoms with Crippen molar-refractivity contribution in [3.05, 3.63) is 54.4 Å². The van der Waals surface area contributed by atoms with Crippen molar-refractivity contribution in [1.29, 1.82) is 0 Å². The second-order valence-corrected chi connectivity index (χ2v) is 7.64. The van der Waals surface area contributed by atoms with E-state index in [1.54, 1.807) is 38.3 Å². The second-order valence-electron chi connectivity index (χ2n) is 7.64. The van der Waals surface area contributed by atoms with Gasteiger partial charge in [0, 0.05) is 50.8 Å². The van der Waals surface area contributed by atoms with Crippen molar-refractivity contribution in [2.24, 2.45) is 5.41 Å². The van der Waals surface area contributed by atoms with Crippen LogP contribution in [0.1, 0.15) is 19.4 Å². The van der Waals surface area contributed by atoms with Crippen LogP contribution in [0.25, 0.3) is 0 Å². The van der Waals surface area contributed by atoms with E-state index >= 15 is 0 Å². The zero-order valence-electron chi connectivity index (χ0n) is 17.2. The molecule has 2 amide bonds. The van der Waals surface area contributed by atoms with Crippen LogP contribution in [-0.4, -0.2) is 55.0 Å². The largest absolute Gasteiger partial charge is 0.497 e. The van der Waals surface area contributed by atoms with Gasteiger partial charge in [0.15, 0.2) is 0 Å². The molecule has 2 aromatic rings. The van der Waals surface area contributed by atoms with Gasteiger partial charge >= 0.3 is 0 Å². The Hall–Kier alpha value is -3.09. The van der Waals surface area contributed by atoms with E-state index in [1.807, 2.05) is 36.4 Å². The molecule has 7 nitrogen and oxygen atoms in total. The van der Waals surface area contributed by atoms with E-state index in [-0.39, 0.29) is 11.8 Å². The Labute approximate surface area is 171 Å². The van der Waals surface area contributed by atoms with Crippen LogP contribution in [0.2, 0.25) is 0 Å². The minimum absolute atomic E-state index is 0.140. The molecule has 0 unspecified atom stereocenters. The molecule has 1 saturated heterocycles. The van der Waals surface area contributed by atoms with Gasteiger partial charge in [-0.3, -0.25) is 14.6 Å². The number of pyridine rings is 1. The predicted octanol–water partition coefficient (Wildman–Crippen LogP) is 2.08. The number of nitrogens with one attached hydrogen (secondary N) is 1. The van der Waals surface area contributed by atoms with Crippen molar-refractivity contribution in [2.75, 3.05) is 38.2 Å². The molecule has 7 heteroatoms. The van der Waals surface area contributed by atoms with Crippen LogP contribution in [0.5, 0.6) is 5.75 Å². The SMILES string of the molecule is COc1ccc(N2CCN(C(=O)C(C)(C)C(=O)NCc3ccncc3)CC2)cc1. The molecule has 2 heterocycles. The Balaban J connectivity index is 1.54. The summed E-state index contributed by atoms with van der Waals surface area (Å²) in [6.07, 6.45) is 3.36. The molecule has 154 valence electrons. The summed E-state index contributed by atoms with van der Waals surface area (Å²) < 4.78 is 5.20. The second kappa shape index (κ2) is 8.94. The number of rotatable bonds is 6. The zero-order chi connectivity index (χ0) is 20.9. The van der Waals surface area contributed by atoms with E-state index in [4.69, 9.17) is 4.74 Å². The van der Waals surface area contributed by atoms with Gasteiger partial charge < -0.3 is 19.9 Å². The number of carbonyl (C=O) groups excluding carboxylic acids is 2. The van der Waals surface area contributed by atoms with Gasteiger partial charge in [-0.05, 0) is 55.8 Å². The van der Waals surface area contributed by atoms with E-state index < -0.39 is 5.41 Å². The fraction of sp³-hybridized carbons (Fsp3) is 0.409. The summed E-state index contributed by atoms with van der Waals surface area (Å²) >= 11 is 0. The lowest BCUT2D eigenvalue weighted by atomic mass is 9.90. The first-order valence-corrected chi connectivity index (χ1v) is 9.77. The molecule has 0 aliphatic carbocycles. The summed E-state index contributed by atoms with van der Waals surface area (Å²) in [6.45, 7) is 6.39. The average molecular weight is 396 g/mol. The van der Waals surface area contributed by atoms with Crippen LogP contribution in [0.4, 0.5) is 5.69 Å².